The zero-order chi connectivity index (χ0) is 12.1. The minimum absolute atomic E-state index is 0.794. The fourth-order valence-corrected chi connectivity index (χ4v) is 2.01. The zero-order valence-electron chi connectivity index (χ0n) is 11.8. The first-order valence-electron chi connectivity index (χ1n) is 7.47. The average molecular weight is 224 g/mol. The third kappa shape index (κ3) is 11.8. The molecule has 0 heteroatoms. The molecule has 0 saturated carbocycles. The summed E-state index contributed by atoms with van der Waals surface area (Å²) in [6, 6.07) is 0. The van der Waals surface area contributed by atoms with Crippen molar-refractivity contribution >= 4 is 0 Å². The molecule has 0 aliphatic heterocycles. The normalized spacial score (nSPS) is 13.4. The largest absolute Gasteiger partial charge is 0.0883 e. The average Bonchev–Trinajstić information content (AvgIpc) is 2.29. The van der Waals surface area contributed by atoms with E-state index in [1.165, 1.54) is 64.2 Å². The van der Waals surface area contributed by atoms with Crippen LogP contribution in [0.25, 0.3) is 0 Å². The van der Waals surface area contributed by atoms with Gasteiger partial charge >= 0.3 is 0 Å². The predicted octanol–water partition coefficient (Wildman–Crippen LogP) is 6.12. The number of allylic oxidation sites excluding steroid dienone is 2. The summed E-state index contributed by atoms with van der Waals surface area (Å²) < 4.78 is 0. The monoisotopic (exact) mass is 224 g/mol. The van der Waals surface area contributed by atoms with Crippen molar-refractivity contribution in [1.29, 1.82) is 0 Å². The molecule has 16 heavy (non-hydrogen) atoms. The molecule has 0 aromatic heterocycles. The van der Waals surface area contributed by atoms with Crippen LogP contribution in [0.3, 0.4) is 0 Å². The second-order valence-corrected chi connectivity index (χ2v) is 5.10. The molecule has 0 aromatic carbocycles. The Kier molecular flexibility index (Phi) is 12.6. The second-order valence-electron chi connectivity index (χ2n) is 5.10. The standard InChI is InChI=1S/C16H32/c1-4-6-8-10-11-13-15-16(3)14-12-9-7-5-2/h13,15-16H,4-12,14H2,1-3H3. The molecule has 0 rings (SSSR count). The van der Waals surface area contributed by atoms with Gasteiger partial charge in [-0.3, -0.25) is 0 Å². The van der Waals surface area contributed by atoms with Crippen LogP contribution in [0.15, 0.2) is 12.2 Å². The van der Waals surface area contributed by atoms with Crippen LogP contribution in [-0.4, -0.2) is 0 Å². The Morgan fingerprint density at radius 3 is 2.06 bits per heavy atom. The Bertz CT molecular complexity index is 146. The maximum absolute atomic E-state index is 2.43. The van der Waals surface area contributed by atoms with E-state index in [1.54, 1.807) is 0 Å². The Morgan fingerprint density at radius 2 is 1.44 bits per heavy atom. The summed E-state index contributed by atoms with van der Waals surface area (Å²) in [7, 11) is 0. The zero-order valence-corrected chi connectivity index (χ0v) is 11.8. The molecular formula is C16H32. The highest BCUT2D eigenvalue weighted by Gasteiger charge is 1.96. The molecule has 0 amide bonds. The van der Waals surface area contributed by atoms with Crippen LogP contribution in [0, 0.1) is 5.92 Å². The molecule has 0 bridgehead atoms. The van der Waals surface area contributed by atoms with Crippen LogP contribution >= 0.6 is 0 Å². The first kappa shape index (κ1) is 15.7. The van der Waals surface area contributed by atoms with Crippen LogP contribution in [0.1, 0.15) is 85.0 Å². The highest BCUT2D eigenvalue weighted by Crippen LogP contribution is 2.12. The van der Waals surface area contributed by atoms with Gasteiger partial charge in [0.15, 0.2) is 0 Å². The highest BCUT2D eigenvalue weighted by atomic mass is 14.0. The van der Waals surface area contributed by atoms with Gasteiger partial charge in [0.25, 0.3) is 0 Å². The van der Waals surface area contributed by atoms with Crippen LogP contribution in [0.4, 0.5) is 0 Å². The molecule has 0 saturated heterocycles. The Balaban J connectivity index is 3.26. The van der Waals surface area contributed by atoms with Crippen LogP contribution in [-0.2, 0) is 0 Å². The fraction of sp³-hybridized carbons (Fsp3) is 0.875. The lowest BCUT2D eigenvalue weighted by atomic mass is 10.0. The molecule has 0 spiro atoms. The van der Waals surface area contributed by atoms with Crippen molar-refractivity contribution in [3.8, 4) is 0 Å². The van der Waals surface area contributed by atoms with Gasteiger partial charge in [-0.15, -0.1) is 0 Å². The number of unbranched alkanes of at least 4 members (excludes halogenated alkanes) is 7. The lowest BCUT2D eigenvalue weighted by Crippen LogP contribution is -1.89. The molecule has 96 valence electrons. The van der Waals surface area contributed by atoms with Gasteiger partial charge in [0.2, 0.25) is 0 Å². The predicted molar refractivity (Wildman–Crippen MR) is 75.8 cm³/mol. The van der Waals surface area contributed by atoms with E-state index in [-0.39, 0.29) is 0 Å². The number of hydrogen-bond donors (Lipinski definition) is 0. The van der Waals surface area contributed by atoms with Crippen LogP contribution in [0.5, 0.6) is 0 Å². The molecule has 0 aromatic rings. The van der Waals surface area contributed by atoms with Gasteiger partial charge in [0, 0.05) is 0 Å². The molecule has 0 N–H and O–H groups in total. The molecule has 1 atom stereocenters. The molecule has 0 heterocycles. The lowest BCUT2D eigenvalue weighted by Gasteiger charge is -2.05. The van der Waals surface area contributed by atoms with Crippen molar-refractivity contribution < 1.29 is 0 Å². The molecule has 0 fully saturated rings. The summed E-state index contributed by atoms with van der Waals surface area (Å²) >= 11 is 0. The fourth-order valence-electron chi connectivity index (χ4n) is 2.01. The van der Waals surface area contributed by atoms with E-state index in [0.29, 0.717) is 0 Å². The summed E-state index contributed by atoms with van der Waals surface area (Å²) in [5.74, 6) is 0.794. The first-order valence-corrected chi connectivity index (χ1v) is 7.47. The number of rotatable bonds is 11. The molecular weight excluding hydrogens is 192 g/mol. The van der Waals surface area contributed by atoms with E-state index < -0.39 is 0 Å². The van der Waals surface area contributed by atoms with Crippen molar-refractivity contribution in [2.24, 2.45) is 5.92 Å². The maximum atomic E-state index is 2.43. The van der Waals surface area contributed by atoms with E-state index in [4.69, 9.17) is 0 Å². The van der Waals surface area contributed by atoms with E-state index in [2.05, 4.69) is 32.9 Å². The topological polar surface area (TPSA) is 0 Å². The quantitative estimate of drug-likeness (QED) is 0.293. The van der Waals surface area contributed by atoms with Crippen molar-refractivity contribution in [3.05, 3.63) is 12.2 Å². The van der Waals surface area contributed by atoms with E-state index in [1.807, 2.05) is 0 Å². The van der Waals surface area contributed by atoms with Crippen LogP contribution < -0.4 is 0 Å². The van der Waals surface area contributed by atoms with E-state index in [9.17, 15) is 0 Å². The van der Waals surface area contributed by atoms with Crippen molar-refractivity contribution in [2.45, 2.75) is 85.0 Å². The van der Waals surface area contributed by atoms with E-state index in [0.717, 1.165) is 5.92 Å². The third-order valence-corrected chi connectivity index (χ3v) is 3.20. The summed E-state index contributed by atoms with van der Waals surface area (Å²) in [6.45, 7) is 6.91. The van der Waals surface area contributed by atoms with Crippen molar-refractivity contribution in [2.75, 3.05) is 0 Å². The summed E-state index contributed by atoms with van der Waals surface area (Å²) in [4.78, 5) is 0. The van der Waals surface area contributed by atoms with Gasteiger partial charge in [-0.05, 0) is 25.2 Å². The smallest absolute Gasteiger partial charge is 0.0262 e. The van der Waals surface area contributed by atoms with Gasteiger partial charge < -0.3 is 0 Å². The Labute approximate surface area is 104 Å². The Hall–Kier alpha value is -0.260. The van der Waals surface area contributed by atoms with Gasteiger partial charge in [-0.2, -0.15) is 0 Å². The third-order valence-electron chi connectivity index (χ3n) is 3.20. The van der Waals surface area contributed by atoms with Gasteiger partial charge in [0.05, 0.1) is 0 Å². The van der Waals surface area contributed by atoms with Gasteiger partial charge in [-0.1, -0.05) is 77.9 Å². The minimum Gasteiger partial charge on any atom is -0.0883 e. The molecule has 1 unspecified atom stereocenters. The van der Waals surface area contributed by atoms with Crippen molar-refractivity contribution in [3.63, 3.8) is 0 Å². The molecule has 0 radical (unpaired) electrons. The minimum atomic E-state index is 0.794. The second kappa shape index (κ2) is 12.8. The summed E-state index contributed by atoms with van der Waals surface area (Å²) in [5.41, 5.74) is 0. The first-order chi connectivity index (χ1) is 7.81. The Morgan fingerprint density at radius 1 is 0.812 bits per heavy atom. The van der Waals surface area contributed by atoms with Crippen LogP contribution in [0.2, 0.25) is 0 Å². The lowest BCUT2D eigenvalue weighted by molar-refractivity contribution is 0.559. The van der Waals surface area contributed by atoms with Gasteiger partial charge in [0.1, 0.15) is 0 Å². The summed E-state index contributed by atoms with van der Waals surface area (Å²) in [6.07, 6.45) is 18.6. The van der Waals surface area contributed by atoms with Crippen molar-refractivity contribution in [1.82, 2.24) is 0 Å². The molecule has 0 aliphatic rings. The molecule has 0 nitrogen and oxygen atoms in total. The van der Waals surface area contributed by atoms with Gasteiger partial charge in [-0.25, -0.2) is 0 Å². The summed E-state index contributed by atoms with van der Waals surface area (Å²) in [5, 5.41) is 0. The highest BCUT2D eigenvalue weighted by molar-refractivity contribution is 4.86. The molecule has 0 aliphatic carbocycles. The SMILES string of the molecule is CCCCCCC=CC(C)CCCCCC. The van der Waals surface area contributed by atoms with E-state index >= 15 is 0 Å². The maximum Gasteiger partial charge on any atom is -0.0262 e. The number of hydrogen-bond acceptors (Lipinski definition) is 0.